The highest BCUT2D eigenvalue weighted by Gasteiger charge is 2.51. The number of hydrogen-bond acceptors (Lipinski definition) is 5. The topological polar surface area (TPSA) is 65.0 Å². The Morgan fingerprint density at radius 3 is 3.00 bits per heavy atom. The Morgan fingerprint density at radius 2 is 2.31 bits per heavy atom. The first-order valence-electron chi connectivity index (χ1n) is 5.90. The summed E-state index contributed by atoms with van der Waals surface area (Å²) < 4.78 is 10.8. The van der Waals surface area contributed by atoms with E-state index in [1.54, 1.807) is 0 Å². The Morgan fingerprint density at radius 1 is 1.50 bits per heavy atom. The monoisotopic (exact) mass is 227 g/mol. The van der Waals surface area contributed by atoms with Crippen molar-refractivity contribution >= 4 is 5.97 Å². The summed E-state index contributed by atoms with van der Waals surface area (Å²) in [5, 5.41) is 2.86. The van der Waals surface area contributed by atoms with E-state index in [1.165, 1.54) is 0 Å². The molecule has 0 spiro atoms. The molecule has 1 saturated carbocycles. The van der Waals surface area contributed by atoms with Gasteiger partial charge >= 0.3 is 5.97 Å². The molecule has 0 bridgehead atoms. The Kier molecular flexibility index (Phi) is 3.53. The van der Waals surface area contributed by atoms with Crippen LogP contribution < -0.4 is 0 Å². The van der Waals surface area contributed by atoms with Gasteiger partial charge in [0, 0.05) is 18.9 Å². The second kappa shape index (κ2) is 4.91. The quantitative estimate of drug-likeness (QED) is 0.407. The molecule has 0 aromatic rings. The fourth-order valence-corrected chi connectivity index (χ4v) is 2.50. The molecule has 4 atom stereocenters. The lowest BCUT2D eigenvalue weighted by Crippen LogP contribution is -2.21. The molecule has 0 aromatic carbocycles. The van der Waals surface area contributed by atoms with Gasteiger partial charge in [-0.1, -0.05) is 18.5 Å². The van der Waals surface area contributed by atoms with E-state index >= 15 is 0 Å². The van der Waals surface area contributed by atoms with E-state index in [-0.39, 0.29) is 18.1 Å². The summed E-state index contributed by atoms with van der Waals surface area (Å²) in [6, 6.07) is -0.801. The van der Waals surface area contributed by atoms with Crippen LogP contribution in [0.5, 0.6) is 0 Å². The summed E-state index contributed by atoms with van der Waals surface area (Å²) in [5.74, 6) is -0.520. The number of hydrogen-bond donors (Lipinski definition) is 0. The van der Waals surface area contributed by atoms with Crippen molar-refractivity contribution in [3.05, 3.63) is 4.91 Å². The minimum Gasteiger partial charge on any atom is -0.460 e. The number of rotatable bonds is 5. The van der Waals surface area contributed by atoms with E-state index in [4.69, 9.17) is 9.47 Å². The van der Waals surface area contributed by atoms with Crippen molar-refractivity contribution in [1.82, 2.24) is 0 Å². The van der Waals surface area contributed by atoms with Crippen LogP contribution in [-0.2, 0) is 14.3 Å². The maximum atomic E-state index is 11.2. The third-order valence-electron chi connectivity index (χ3n) is 3.39. The van der Waals surface area contributed by atoms with Gasteiger partial charge in [0.05, 0.1) is 6.10 Å². The third kappa shape index (κ3) is 2.09. The molecular weight excluding hydrogens is 210 g/mol. The number of nitroso groups, excluding NO2 is 1. The molecule has 0 N–H and O–H groups in total. The van der Waals surface area contributed by atoms with E-state index in [9.17, 15) is 9.70 Å². The molecule has 2 aliphatic rings. The molecule has 0 aromatic heterocycles. The van der Waals surface area contributed by atoms with Crippen molar-refractivity contribution in [3.8, 4) is 0 Å². The summed E-state index contributed by atoms with van der Waals surface area (Å²) in [6.07, 6.45) is 3.55. The highest BCUT2D eigenvalue weighted by atomic mass is 16.6. The molecule has 16 heavy (non-hydrogen) atoms. The van der Waals surface area contributed by atoms with Gasteiger partial charge in [-0.05, 0) is 12.8 Å². The smallest absolute Gasteiger partial charge is 0.335 e. The van der Waals surface area contributed by atoms with Crippen molar-refractivity contribution in [1.29, 1.82) is 0 Å². The molecule has 1 heterocycles. The standard InChI is InChI=1S/C11H17NO4/c1-2-3-4-15-7-5-8-9(6-7)16-11(13)10(8)12-14/h7-10H,2-6H2,1H3/t7-,8+,9-,10?/m1/s1. The highest BCUT2D eigenvalue weighted by molar-refractivity contribution is 5.79. The van der Waals surface area contributed by atoms with Crippen molar-refractivity contribution in [2.45, 2.75) is 50.9 Å². The average molecular weight is 227 g/mol. The fourth-order valence-electron chi connectivity index (χ4n) is 2.50. The number of nitrogens with zero attached hydrogens (tertiary/aromatic N) is 1. The van der Waals surface area contributed by atoms with Crippen molar-refractivity contribution < 1.29 is 14.3 Å². The van der Waals surface area contributed by atoms with Gasteiger partial charge in [-0.3, -0.25) is 0 Å². The van der Waals surface area contributed by atoms with Gasteiger partial charge in [-0.15, -0.1) is 4.91 Å². The van der Waals surface area contributed by atoms with Crippen molar-refractivity contribution in [3.63, 3.8) is 0 Å². The summed E-state index contributed by atoms with van der Waals surface area (Å²) in [6.45, 7) is 2.86. The number of carbonyl (C=O) groups excluding carboxylic acids is 1. The third-order valence-corrected chi connectivity index (χ3v) is 3.39. The second-order valence-corrected chi connectivity index (χ2v) is 4.51. The Labute approximate surface area is 94.5 Å². The number of fused-ring (bicyclic) bond motifs is 1. The first-order chi connectivity index (χ1) is 7.76. The van der Waals surface area contributed by atoms with Gasteiger partial charge < -0.3 is 9.47 Å². The Bertz CT molecular complexity index is 281. The van der Waals surface area contributed by atoms with E-state index in [0.717, 1.165) is 25.9 Å². The lowest BCUT2D eigenvalue weighted by Gasteiger charge is -2.12. The van der Waals surface area contributed by atoms with Crippen LogP contribution in [0.15, 0.2) is 5.18 Å². The Balaban J connectivity index is 1.84. The number of esters is 1. The zero-order chi connectivity index (χ0) is 11.5. The lowest BCUT2D eigenvalue weighted by molar-refractivity contribution is -0.143. The normalized spacial score (nSPS) is 37.2. The molecule has 2 fully saturated rings. The molecule has 5 heteroatoms. The predicted octanol–water partition coefficient (Wildman–Crippen LogP) is 1.64. The molecule has 1 aliphatic carbocycles. The molecule has 0 amide bonds. The molecule has 1 saturated heterocycles. The molecule has 2 rings (SSSR count). The van der Waals surface area contributed by atoms with Gasteiger partial charge in [-0.2, -0.15) is 0 Å². The van der Waals surface area contributed by atoms with Crippen LogP contribution in [0.1, 0.15) is 32.6 Å². The average Bonchev–Trinajstić information content (AvgIpc) is 2.74. The van der Waals surface area contributed by atoms with E-state index in [2.05, 4.69) is 12.1 Å². The summed E-state index contributed by atoms with van der Waals surface area (Å²) in [5.41, 5.74) is 0. The molecule has 5 nitrogen and oxygen atoms in total. The SMILES string of the molecule is CCCCO[C@@H]1C[C@@H]2C(N=O)C(=O)O[C@@H]2C1. The van der Waals surface area contributed by atoms with Crippen LogP contribution in [0.3, 0.4) is 0 Å². The zero-order valence-electron chi connectivity index (χ0n) is 9.43. The summed E-state index contributed by atoms with van der Waals surface area (Å²) in [7, 11) is 0. The van der Waals surface area contributed by atoms with E-state index in [0.29, 0.717) is 6.42 Å². The first-order valence-corrected chi connectivity index (χ1v) is 5.90. The van der Waals surface area contributed by atoms with Crippen LogP contribution in [-0.4, -0.2) is 30.8 Å². The summed E-state index contributed by atoms with van der Waals surface area (Å²) in [4.78, 5) is 21.8. The van der Waals surface area contributed by atoms with Gasteiger partial charge in [0.2, 0.25) is 0 Å². The number of unbranched alkanes of at least 4 members (excludes halogenated alkanes) is 1. The van der Waals surface area contributed by atoms with Crippen molar-refractivity contribution in [2.75, 3.05) is 6.61 Å². The van der Waals surface area contributed by atoms with Crippen LogP contribution >= 0.6 is 0 Å². The zero-order valence-corrected chi connectivity index (χ0v) is 9.43. The van der Waals surface area contributed by atoms with Gasteiger partial charge in [0.1, 0.15) is 6.10 Å². The van der Waals surface area contributed by atoms with E-state index < -0.39 is 12.0 Å². The van der Waals surface area contributed by atoms with Crippen LogP contribution in [0.2, 0.25) is 0 Å². The fraction of sp³-hybridized carbons (Fsp3) is 0.909. The molecule has 90 valence electrons. The predicted molar refractivity (Wildman–Crippen MR) is 56.8 cm³/mol. The second-order valence-electron chi connectivity index (χ2n) is 4.51. The molecule has 1 aliphatic heterocycles. The lowest BCUT2D eigenvalue weighted by atomic mass is 10.00. The summed E-state index contributed by atoms with van der Waals surface area (Å²) >= 11 is 0. The van der Waals surface area contributed by atoms with Gasteiger partial charge in [0.15, 0.2) is 6.04 Å². The minimum absolute atomic E-state index is 0.0587. The van der Waals surface area contributed by atoms with Gasteiger partial charge in [-0.25, -0.2) is 4.79 Å². The first kappa shape index (κ1) is 11.5. The molecular formula is C11H17NO4. The van der Waals surface area contributed by atoms with Crippen LogP contribution in [0.4, 0.5) is 0 Å². The molecule has 0 radical (unpaired) electrons. The number of carbonyl (C=O) groups is 1. The maximum absolute atomic E-state index is 11.2. The van der Waals surface area contributed by atoms with E-state index in [1.807, 2.05) is 0 Å². The van der Waals surface area contributed by atoms with Crippen LogP contribution in [0.25, 0.3) is 0 Å². The largest absolute Gasteiger partial charge is 0.460 e. The van der Waals surface area contributed by atoms with Crippen LogP contribution in [0, 0.1) is 10.8 Å². The van der Waals surface area contributed by atoms with Crippen molar-refractivity contribution in [2.24, 2.45) is 11.1 Å². The maximum Gasteiger partial charge on any atom is 0.335 e. The number of ether oxygens (including phenoxy) is 2. The van der Waals surface area contributed by atoms with Gasteiger partial charge in [0.25, 0.3) is 0 Å². The highest BCUT2D eigenvalue weighted by Crippen LogP contribution is 2.39. The molecule has 1 unspecified atom stereocenters. The minimum atomic E-state index is -0.801. The Hall–Kier alpha value is -0.970.